The highest BCUT2D eigenvalue weighted by atomic mass is 35.5. The molecule has 1 saturated heterocycles. The lowest BCUT2D eigenvalue weighted by Crippen LogP contribution is -2.47. The molecular formula is C24H31ClN6O2. The molecule has 0 atom stereocenters. The van der Waals surface area contributed by atoms with Gasteiger partial charge in [0.1, 0.15) is 0 Å². The van der Waals surface area contributed by atoms with Crippen LogP contribution in [-0.2, 0) is 4.79 Å². The second-order valence-electron chi connectivity index (χ2n) is 8.44. The molecule has 0 aliphatic carbocycles. The van der Waals surface area contributed by atoms with Crippen molar-refractivity contribution in [2.45, 2.75) is 32.2 Å². The number of H-pyrrole nitrogens is 1. The van der Waals surface area contributed by atoms with E-state index < -0.39 is 0 Å². The number of rotatable bonds is 9. The highest BCUT2D eigenvalue weighted by Crippen LogP contribution is 2.32. The van der Waals surface area contributed by atoms with Gasteiger partial charge in [-0.25, -0.2) is 9.97 Å². The van der Waals surface area contributed by atoms with Crippen molar-refractivity contribution in [1.82, 2.24) is 24.8 Å². The molecule has 0 unspecified atom stereocenters. The Kier molecular flexibility index (Phi) is 7.80. The standard InChI is InChI=1S/C24H31ClN6O2/c1-2-9-30(12-13-32)16-22(33)31-10-7-17(8-11-31)28-24-27-15-20(25)23(29-24)19-14-26-21-6-4-3-5-18(19)21/h3-6,14-15,17,26,32H,2,7-13,16H2,1H3,(H,27,28,29). The monoisotopic (exact) mass is 470 g/mol. The highest BCUT2D eigenvalue weighted by Gasteiger charge is 2.24. The first-order chi connectivity index (χ1) is 16.1. The zero-order chi connectivity index (χ0) is 23.2. The first-order valence-electron chi connectivity index (χ1n) is 11.6. The van der Waals surface area contributed by atoms with Crippen LogP contribution >= 0.6 is 11.6 Å². The number of para-hydroxylation sites is 1. The molecule has 3 aromatic rings. The lowest BCUT2D eigenvalue weighted by Gasteiger charge is -2.34. The molecule has 2 aromatic heterocycles. The van der Waals surface area contributed by atoms with E-state index in [0.29, 0.717) is 42.8 Å². The van der Waals surface area contributed by atoms with Crippen molar-refractivity contribution in [1.29, 1.82) is 0 Å². The Balaban J connectivity index is 1.37. The minimum Gasteiger partial charge on any atom is -0.395 e. The number of carbonyl (C=O) groups excluding carboxylic acids is 1. The summed E-state index contributed by atoms with van der Waals surface area (Å²) in [6.45, 7) is 5.24. The third-order valence-corrected chi connectivity index (χ3v) is 6.36. The number of piperidine rings is 1. The Morgan fingerprint density at radius 3 is 2.85 bits per heavy atom. The summed E-state index contributed by atoms with van der Waals surface area (Å²) >= 11 is 6.44. The molecule has 1 amide bonds. The van der Waals surface area contributed by atoms with Crippen LogP contribution in [0.1, 0.15) is 26.2 Å². The number of hydrogen-bond acceptors (Lipinski definition) is 6. The Labute approximate surface area is 199 Å². The molecule has 9 heteroatoms. The van der Waals surface area contributed by atoms with Crippen LogP contribution in [0.25, 0.3) is 22.2 Å². The van der Waals surface area contributed by atoms with E-state index in [1.165, 1.54) is 0 Å². The van der Waals surface area contributed by atoms with Crippen LogP contribution in [0, 0.1) is 0 Å². The average Bonchev–Trinajstić information content (AvgIpc) is 3.25. The highest BCUT2D eigenvalue weighted by molar-refractivity contribution is 6.33. The van der Waals surface area contributed by atoms with Crippen molar-refractivity contribution in [3.63, 3.8) is 0 Å². The second-order valence-corrected chi connectivity index (χ2v) is 8.84. The molecule has 0 spiro atoms. The van der Waals surface area contributed by atoms with E-state index in [4.69, 9.17) is 16.6 Å². The summed E-state index contributed by atoms with van der Waals surface area (Å²) < 4.78 is 0. The van der Waals surface area contributed by atoms with Gasteiger partial charge in [0.25, 0.3) is 0 Å². The summed E-state index contributed by atoms with van der Waals surface area (Å²) in [5, 5.41) is 14.2. The van der Waals surface area contributed by atoms with Gasteiger partial charge >= 0.3 is 0 Å². The SMILES string of the molecule is CCCN(CCO)CC(=O)N1CCC(Nc2ncc(Cl)c(-c3c[nH]c4ccccc34)n2)CC1. The summed E-state index contributed by atoms with van der Waals surface area (Å²) in [6.07, 6.45) is 6.17. The van der Waals surface area contributed by atoms with Crippen LogP contribution in [0.3, 0.4) is 0 Å². The van der Waals surface area contributed by atoms with Crippen LogP contribution in [0.15, 0.2) is 36.7 Å². The van der Waals surface area contributed by atoms with Crippen LogP contribution in [-0.4, -0.2) is 81.1 Å². The fourth-order valence-corrected chi connectivity index (χ4v) is 4.56. The molecule has 0 radical (unpaired) electrons. The quantitative estimate of drug-likeness (QED) is 0.443. The van der Waals surface area contributed by atoms with Crippen molar-refractivity contribution >= 4 is 34.4 Å². The fraction of sp³-hybridized carbons (Fsp3) is 0.458. The number of amides is 1. The van der Waals surface area contributed by atoms with E-state index >= 15 is 0 Å². The third kappa shape index (κ3) is 5.63. The van der Waals surface area contributed by atoms with Gasteiger partial charge in [-0.3, -0.25) is 9.69 Å². The number of anilines is 1. The zero-order valence-electron chi connectivity index (χ0n) is 18.9. The van der Waals surface area contributed by atoms with Crippen molar-refractivity contribution in [3.8, 4) is 11.3 Å². The summed E-state index contributed by atoms with van der Waals surface area (Å²) in [4.78, 5) is 29.0. The van der Waals surface area contributed by atoms with E-state index in [2.05, 4.69) is 22.2 Å². The largest absolute Gasteiger partial charge is 0.395 e. The van der Waals surface area contributed by atoms with Crippen molar-refractivity contribution in [3.05, 3.63) is 41.7 Å². The molecule has 4 rings (SSSR count). The number of carbonyl (C=O) groups is 1. The molecule has 0 saturated carbocycles. The summed E-state index contributed by atoms with van der Waals surface area (Å²) in [5.74, 6) is 0.668. The minimum atomic E-state index is 0.0703. The van der Waals surface area contributed by atoms with Gasteiger partial charge in [-0.1, -0.05) is 36.7 Å². The minimum absolute atomic E-state index is 0.0703. The van der Waals surface area contributed by atoms with Gasteiger partial charge in [0.05, 0.1) is 30.1 Å². The van der Waals surface area contributed by atoms with Gasteiger partial charge < -0.3 is 20.3 Å². The number of aromatic nitrogens is 3. The number of hydrogen-bond donors (Lipinski definition) is 3. The molecule has 3 N–H and O–H groups in total. The van der Waals surface area contributed by atoms with Gasteiger partial charge in [0, 0.05) is 48.3 Å². The maximum atomic E-state index is 12.7. The van der Waals surface area contributed by atoms with Crippen LogP contribution in [0.2, 0.25) is 5.02 Å². The van der Waals surface area contributed by atoms with Crippen LogP contribution in [0.4, 0.5) is 5.95 Å². The number of nitrogens with zero attached hydrogens (tertiary/aromatic N) is 4. The Morgan fingerprint density at radius 1 is 1.30 bits per heavy atom. The van der Waals surface area contributed by atoms with Gasteiger partial charge in [0.2, 0.25) is 11.9 Å². The first-order valence-corrected chi connectivity index (χ1v) is 11.9. The third-order valence-electron chi connectivity index (χ3n) is 6.08. The van der Waals surface area contributed by atoms with Gasteiger partial charge in [-0.05, 0) is 31.9 Å². The number of nitrogens with one attached hydrogen (secondary N) is 2. The first kappa shape index (κ1) is 23.5. The van der Waals surface area contributed by atoms with Crippen molar-refractivity contribution in [2.24, 2.45) is 0 Å². The number of fused-ring (bicyclic) bond motifs is 1. The maximum absolute atomic E-state index is 12.7. The van der Waals surface area contributed by atoms with E-state index in [1.54, 1.807) is 6.20 Å². The topological polar surface area (TPSA) is 97.4 Å². The predicted octanol–water partition coefficient (Wildman–Crippen LogP) is 3.39. The summed E-state index contributed by atoms with van der Waals surface area (Å²) in [5.41, 5.74) is 2.67. The van der Waals surface area contributed by atoms with Gasteiger partial charge in [-0.15, -0.1) is 0 Å². The molecule has 1 aromatic carbocycles. The maximum Gasteiger partial charge on any atom is 0.236 e. The van der Waals surface area contributed by atoms with Gasteiger partial charge in [0.15, 0.2) is 0 Å². The Morgan fingerprint density at radius 2 is 2.09 bits per heavy atom. The normalized spacial score (nSPS) is 14.8. The molecule has 0 bridgehead atoms. The fourth-order valence-electron chi connectivity index (χ4n) is 4.37. The van der Waals surface area contributed by atoms with Crippen LogP contribution < -0.4 is 5.32 Å². The number of benzene rings is 1. The zero-order valence-corrected chi connectivity index (χ0v) is 19.7. The van der Waals surface area contributed by atoms with E-state index in [9.17, 15) is 9.90 Å². The lowest BCUT2D eigenvalue weighted by atomic mass is 10.1. The Hall–Kier alpha value is -2.68. The summed E-state index contributed by atoms with van der Waals surface area (Å²) in [6, 6.07) is 8.24. The number of aliphatic hydroxyl groups is 1. The number of aromatic amines is 1. The predicted molar refractivity (Wildman–Crippen MR) is 131 cm³/mol. The molecule has 1 aliphatic rings. The molecular weight excluding hydrogens is 440 g/mol. The van der Waals surface area contributed by atoms with E-state index in [0.717, 1.165) is 42.3 Å². The number of aliphatic hydroxyl groups excluding tert-OH is 1. The Bertz CT molecular complexity index is 1070. The molecule has 176 valence electrons. The van der Waals surface area contributed by atoms with Gasteiger partial charge in [-0.2, -0.15) is 0 Å². The smallest absolute Gasteiger partial charge is 0.236 e. The van der Waals surface area contributed by atoms with E-state index in [-0.39, 0.29) is 18.6 Å². The van der Waals surface area contributed by atoms with Crippen LogP contribution in [0.5, 0.6) is 0 Å². The molecule has 1 aliphatic heterocycles. The van der Waals surface area contributed by atoms with Crippen molar-refractivity contribution < 1.29 is 9.90 Å². The molecule has 33 heavy (non-hydrogen) atoms. The molecule has 8 nitrogen and oxygen atoms in total. The van der Waals surface area contributed by atoms with Crippen molar-refractivity contribution in [2.75, 3.05) is 44.6 Å². The molecule has 1 fully saturated rings. The van der Waals surface area contributed by atoms with E-state index in [1.807, 2.05) is 40.3 Å². The molecule has 3 heterocycles. The number of halogens is 1. The lowest BCUT2D eigenvalue weighted by molar-refractivity contribution is -0.133. The average molecular weight is 471 g/mol. The second kappa shape index (κ2) is 11.0. The summed E-state index contributed by atoms with van der Waals surface area (Å²) in [7, 11) is 0. The number of likely N-dealkylation sites (tertiary alicyclic amines) is 1.